The van der Waals surface area contributed by atoms with E-state index in [-0.39, 0.29) is 6.61 Å². The average Bonchev–Trinajstić information content (AvgIpc) is 2.48. The third kappa shape index (κ3) is 4.84. The third-order valence-electron chi connectivity index (χ3n) is 1.21. The van der Waals surface area contributed by atoms with Gasteiger partial charge >= 0.3 is 6.18 Å². The lowest BCUT2D eigenvalue weighted by Crippen LogP contribution is -2.17. The van der Waals surface area contributed by atoms with Crippen molar-refractivity contribution in [1.29, 1.82) is 0 Å². The minimum Gasteiger partial charge on any atom is -0.372 e. The molecule has 0 radical (unpaired) electrons. The molecule has 2 nitrogen and oxygen atoms in total. The number of nitrogens with zero attached hydrogens (tertiary/aromatic N) is 1. The van der Waals surface area contributed by atoms with Crippen LogP contribution >= 0.6 is 11.3 Å². The van der Waals surface area contributed by atoms with Gasteiger partial charge in [-0.2, -0.15) is 13.2 Å². The van der Waals surface area contributed by atoms with Gasteiger partial charge in [0.15, 0.2) is 0 Å². The van der Waals surface area contributed by atoms with Crippen LogP contribution in [0.4, 0.5) is 13.2 Å². The Balaban J connectivity index is 2.09. The van der Waals surface area contributed by atoms with Crippen LogP contribution in [0.5, 0.6) is 0 Å². The highest BCUT2D eigenvalue weighted by molar-refractivity contribution is 7.09. The van der Waals surface area contributed by atoms with E-state index in [1.807, 2.05) is 0 Å². The first-order valence-electron chi connectivity index (χ1n) is 3.61. The molecule has 0 fully saturated rings. The van der Waals surface area contributed by atoms with Crippen LogP contribution in [0.25, 0.3) is 0 Å². The van der Waals surface area contributed by atoms with Gasteiger partial charge in [0, 0.05) is 18.0 Å². The molecule has 1 aromatic heterocycles. The second-order valence-corrected chi connectivity index (χ2v) is 3.32. The van der Waals surface area contributed by atoms with E-state index >= 15 is 0 Å². The van der Waals surface area contributed by atoms with Gasteiger partial charge < -0.3 is 4.74 Å². The molecule has 0 unspecified atom stereocenters. The first kappa shape index (κ1) is 10.5. The molecular weight excluding hydrogens is 203 g/mol. The van der Waals surface area contributed by atoms with Crippen molar-refractivity contribution >= 4 is 11.3 Å². The Labute approximate surface area is 77.4 Å². The molecule has 0 aliphatic rings. The van der Waals surface area contributed by atoms with Gasteiger partial charge in [0.05, 0.1) is 11.6 Å². The zero-order valence-corrected chi connectivity index (χ0v) is 7.49. The molecule has 0 bridgehead atoms. The fourth-order valence-corrected chi connectivity index (χ4v) is 1.33. The highest BCUT2D eigenvalue weighted by Gasteiger charge is 2.27. The smallest absolute Gasteiger partial charge is 0.372 e. The number of ether oxygens (including phenoxy) is 1. The van der Waals surface area contributed by atoms with Crippen LogP contribution in [0, 0.1) is 0 Å². The number of aromatic nitrogens is 1. The number of thiazole rings is 1. The molecule has 6 heteroatoms. The molecule has 0 spiro atoms. The van der Waals surface area contributed by atoms with Gasteiger partial charge in [-0.05, 0) is 0 Å². The summed E-state index contributed by atoms with van der Waals surface area (Å²) in [7, 11) is 0. The normalized spacial score (nSPS) is 11.9. The van der Waals surface area contributed by atoms with Crippen LogP contribution in [0.15, 0.2) is 11.6 Å². The van der Waals surface area contributed by atoms with Crippen LogP contribution in [0.1, 0.15) is 5.01 Å². The summed E-state index contributed by atoms with van der Waals surface area (Å²) in [5.74, 6) is 0. The minimum absolute atomic E-state index is 0.0625. The summed E-state index contributed by atoms with van der Waals surface area (Å²) in [6.07, 6.45) is -2.18. The van der Waals surface area contributed by atoms with E-state index in [4.69, 9.17) is 0 Å². The van der Waals surface area contributed by atoms with Crippen LogP contribution in [0.2, 0.25) is 0 Å². The van der Waals surface area contributed by atoms with E-state index in [0.717, 1.165) is 5.01 Å². The Morgan fingerprint density at radius 2 is 2.23 bits per heavy atom. The Morgan fingerprint density at radius 1 is 1.46 bits per heavy atom. The minimum atomic E-state index is -4.23. The number of alkyl halides is 3. The molecule has 0 amide bonds. The molecule has 0 aliphatic carbocycles. The summed E-state index contributed by atoms with van der Waals surface area (Å²) in [5.41, 5.74) is 0. The van der Waals surface area contributed by atoms with Crippen LogP contribution in [-0.2, 0) is 11.2 Å². The summed E-state index contributed by atoms with van der Waals surface area (Å²) in [4.78, 5) is 3.91. The maximum Gasteiger partial charge on any atom is 0.411 e. The van der Waals surface area contributed by atoms with E-state index in [1.54, 1.807) is 11.6 Å². The van der Waals surface area contributed by atoms with E-state index in [9.17, 15) is 13.2 Å². The van der Waals surface area contributed by atoms with Gasteiger partial charge in [0.25, 0.3) is 0 Å². The Bertz CT molecular complexity index is 234. The highest BCUT2D eigenvalue weighted by Crippen LogP contribution is 2.14. The van der Waals surface area contributed by atoms with Crippen molar-refractivity contribution in [2.45, 2.75) is 12.6 Å². The van der Waals surface area contributed by atoms with Crippen molar-refractivity contribution < 1.29 is 17.9 Å². The summed E-state index contributed by atoms with van der Waals surface area (Å²) < 4.78 is 39.2. The number of rotatable bonds is 4. The molecule has 1 heterocycles. The maximum absolute atomic E-state index is 11.6. The van der Waals surface area contributed by atoms with Crippen LogP contribution in [-0.4, -0.2) is 24.4 Å². The zero-order chi connectivity index (χ0) is 9.73. The lowest BCUT2D eigenvalue weighted by molar-refractivity contribution is -0.173. The van der Waals surface area contributed by atoms with Gasteiger partial charge in [0.2, 0.25) is 0 Å². The fraction of sp³-hybridized carbons (Fsp3) is 0.571. The quantitative estimate of drug-likeness (QED) is 0.713. The predicted octanol–water partition coefficient (Wildman–Crippen LogP) is 2.26. The first-order chi connectivity index (χ1) is 6.08. The van der Waals surface area contributed by atoms with Crippen molar-refractivity contribution in [3.05, 3.63) is 16.6 Å². The lowest BCUT2D eigenvalue weighted by atomic mass is 10.5. The molecule has 0 aromatic carbocycles. The molecule has 0 saturated carbocycles. The topological polar surface area (TPSA) is 22.1 Å². The lowest BCUT2D eigenvalue weighted by Gasteiger charge is -2.05. The Hall–Kier alpha value is -0.620. The van der Waals surface area contributed by atoms with Crippen molar-refractivity contribution in [2.24, 2.45) is 0 Å². The monoisotopic (exact) mass is 211 g/mol. The van der Waals surface area contributed by atoms with Crippen LogP contribution < -0.4 is 0 Å². The summed E-state index contributed by atoms with van der Waals surface area (Å²) in [5, 5.41) is 2.57. The molecule has 74 valence electrons. The predicted molar refractivity (Wildman–Crippen MR) is 42.7 cm³/mol. The third-order valence-corrected chi connectivity index (χ3v) is 2.05. The fourth-order valence-electron chi connectivity index (χ4n) is 0.724. The highest BCUT2D eigenvalue weighted by atomic mass is 32.1. The van der Waals surface area contributed by atoms with Crippen molar-refractivity contribution in [2.75, 3.05) is 13.2 Å². The van der Waals surface area contributed by atoms with Gasteiger partial charge in [-0.25, -0.2) is 4.98 Å². The second-order valence-electron chi connectivity index (χ2n) is 2.34. The van der Waals surface area contributed by atoms with Crippen molar-refractivity contribution in [3.63, 3.8) is 0 Å². The molecule has 0 atom stereocenters. The van der Waals surface area contributed by atoms with E-state index < -0.39 is 12.8 Å². The Kier molecular flexibility index (Phi) is 3.68. The second kappa shape index (κ2) is 4.57. The molecule has 0 N–H and O–H groups in total. The number of hydrogen-bond acceptors (Lipinski definition) is 3. The summed E-state index contributed by atoms with van der Waals surface area (Å²) in [6.45, 7) is -1.12. The summed E-state index contributed by atoms with van der Waals surface area (Å²) in [6, 6.07) is 0. The van der Waals surface area contributed by atoms with Crippen LogP contribution in [0.3, 0.4) is 0 Å². The van der Waals surface area contributed by atoms with Gasteiger partial charge in [0.1, 0.15) is 6.61 Å². The number of halogens is 3. The molecule has 0 aliphatic heterocycles. The van der Waals surface area contributed by atoms with Gasteiger partial charge in [-0.3, -0.25) is 0 Å². The van der Waals surface area contributed by atoms with Gasteiger partial charge in [-0.15, -0.1) is 11.3 Å². The van der Waals surface area contributed by atoms with E-state index in [0.29, 0.717) is 6.42 Å². The van der Waals surface area contributed by atoms with Crippen molar-refractivity contribution in [1.82, 2.24) is 4.98 Å². The van der Waals surface area contributed by atoms with E-state index in [1.165, 1.54) is 11.3 Å². The SMILES string of the molecule is FC(F)(F)COCCc1nccs1. The first-order valence-corrected chi connectivity index (χ1v) is 4.49. The van der Waals surface area contributed by atoms with Crippen molar-refractivity contribution in [3.8, 4) is 0 Å². The van der Waals surface area contributed by atoms with Gasteiger partial charge in [-0.1, -0.05) is 0 Å². The standard InChI is InChI=1S/C7H8F3NOS/c8-7(9,10)5-12-3-1-6-11-2-4-13-6/h2,4H,1,3,5H2. The maximum atomic E-state index is 11.6. The largest absolute Gasteiger partial charge is 0.411 e. The molecule has 1 rings (SSSR count). The molecule has 13 heavy (non-hydrogen) atoms. The molecule has 1 aromatic rings. The Morgan fingerprint density at radius 3 is 2.77 bits per heavy atom. The molecule has 0 saturated heterocycles. The average molecular weight is 211 g/mol. The zero-order valence-electron chi connectivity index (χ0n) is 6.67. The number of hydrogen-bond donors (Lipinski definition) is 0. The van der Waals surface area contributed by atoms with E-state index in [2.05, 4.69) is 9.72 Å². The summed E-state index contributed by atoms with van der Waals surface area (Å²) >= 11 is 1.41. The molecular formula is C7H8F3NOS.